The van der Waals surface area contributed by atoms with Gasteiger partial charge in [0.05, 0.1) is 17.6 Å². The van der Waals surface area contributed by atoms with Crippen molar-refractivity contribution >= 4 is 27.3 Å². The second kappa shape index (κ2) is 7.79. The number of hydrogen-bond acceptors (Lipinski definition) is 4. The molecule has 0 unspecified atom stereocenters. The van der Waals surface area contributed by atoms with Crippen molar-refractivity contribution in [3.05, 3.63) is 24.3 Å². The Kier molecular flexibility index (Phi) is 6.01. The van der Waals surface area contributed by atoms with Gasteiger partial charge in [-0.3, -0.25) is 4.79 Å². The van der Waals surface area contributed by atoms with E-state index in [1.807, 2.05) is 24.3 Å². The largest absolute Gasteiger partial charge is 0.367 e. The van der Waals surface area contributed by atoms with Gasteiger partial charge in [-0.25, -0.2) is 8.42 Å². The van der Waals surface area contributed by atoms with Crippen LogP contribution < -0.4 is 10.2 Å². The molecule has 0 saturated carbocycles. The van der Waals surface area contributed by atoms with E-state index in [0.29, 0.717) is 32.6 Å². The van der Waals surface area contributed by atoms with Crippen molar-refractivity contribution < 1.29 is 13.2 Å². The number of unbranched alkanes of at least 4 members (excludes halogenated alkanes) is 1. The van der Waals surface area contributed by atoms with E-state index in [4.69, 9.17) is 0 Å². The topological polar surface area (TPSA) is 69.7 Å². The molecule has 1 aliphatic heterocycles. The Balaban J connectivity index is 2.05. The Labute approximate surface area is 138 Å². The van der Waals surface area contributed by atoms with E-state index in [1.165, 1.54) is 10.6 Å². The Morgan fingerprint density at radius 3 is 2.43 bits per heavy atom. The number of benzene rings is 1. The Hall–Kier alpha value is -1.60. The van der Waals surface area contributed by atoms with Gasteiger partial charge in [-0.05, 0) is 18.6 Å². The summed E-state index contributed by atoms with van der Waals surface area (Å²) in [4.78, 5) is 14.1. The summed E-state index contributed by atoms with van der Waals surface area (Å²) in [6.45, 7) is 4.24. The van der Waals surface area contributed by atoms with Crippen LogP contribution in [0.3, 0.4) is 0 Å². The number of nitrogens with one attached hydrogen (secondary N) is 1. The van der Waals surface area contributed by atoms with Crippen LogP contribution in [0.25, 0.3) is 0 Å². The first-order valence-electron chi connectivity index (χ1n) is 8.00. The minimum atomic E-state index is -3.13. The van der Waals surface area contributed by atoms with E-state index in [9.17, 15) is 13.2 Å². The van der Waals surface area contributed by atoms with Crippen LogP contribution in [0.15, 0.2) is 24.3 Å². The van der Waals surface area contributed by atoms with Gasteiger partial charge in [-0.2, -0.15) is 4.31 Å². The number of nitrogens with zero attached hydrogens (tertiary/aromatic N) is 2. The highest BCUT2D eigenvalue weighted by Gasteiger charge is 2.24. The number of rotatable bonds is 6. The number of para-hydroxylation sites is 2. The lowest BCUT2D eigenvalue weighted by molar-refractivity contribution is -0.116. The zero-order valence-electron chi connectivity index (χ0n) is 13.8. The van der Waals surface area contributed by atoms with Crippen LogP contribution in [-0.2, 0) is 14.8 Å². The third-order valence-corrected chi connectivity index (χ3v) is 5.29. The normalized spacial score (nSPS) is 16.3. The van der Waals surface area contributed by atoms with Crippen LogP contribution >= 0.6 is 0 Å². The van der Waals surface area contributed by atoms with Gasteiger partial charge in [-0.15, -0.1) is 0 Å². The van der Waals surface area contributed by atoms with Crippen LogP contribution in [0.5, 0.6) is 0 Å². The van der Waals surface area contributed by atoms with Crippen LogP contribution in [0, 0.1) is 0 Å². The molecule has 1 aromatic rings. The zero-order chi connectivity index (χ0) is 16.9. The Morgan fingerprint density at radius 2 is 1.83 bits per heavy atom. The van der Waals surface area contributed by atoms with Gasteiger partial charge in [0.15, 0.2) is 0 Å². The summed E-state index contributed by atoms with van der Waals surface area (Å²) in [6.07, 6.45) is 3.63. The van der Waals surface area contributed by atoms with E-state index in [0.717, 1.165) is 24.2 Å². The second-order valence-corrected chi connectivity index (χ2v) is 7.80. The second-order valence-electron chi connectivity index (χ2n) is 5.82. The van der Waals surface area contributed by atoms with Gasteiger partial charge >= 0.3 is 0 Å². The molecule has 0 spiro atoms. The van der Waals surface area contributed by atoms with Crippen molar-refractivity contribution in [1.82, 2.24) is 4.31 Å². The Bertz CT molecular complexity index is 638. The van der Waals surface area contributed by atoms with Gasteiger partial charge < -0.3 is 10.2 Å². The molecule has 128 valence electrons. The summed E-state index contributed by atoms with van der Waals surface area (Å²) in [6, 6.07) is 7.68. The van der Waals surface area contributed by atoms with E-state index in [1.54, 1.807) is 0 Å². The molecule has 0 aliphatic carbocycles. The number of piperazine rings is 1. The van der Waals surface area contributed by atoms with Gasteiger partial charge in [-0.1, -0.05) is 25.5 Å². The lowest BCUT2D eigenvalue weighted by Crippen LogP contribution is -2.48. The van der Waals surface area contributed by atoms with Crippen molar-refractivity contribution in [1.29, 1.82) is 0 Å². The predicted octanol–water partition coefficient (Wildman–Crippen LogP) is 1.90. The molecule has 1 aromatic carbocycles. The highest BCUT2D eigenvalue weighted by atomic mass is 32.2. The third-order valence-electron chi connectivity index (χ3n) is 3.98. The minimum absolute atomic E-state index is 0.0223. The molecule has 23 heavy (non-hydrogen) atoms. The Morgan fingerprint density at radius 1 is 1.17 bits per heavy atom. The number of carbonyl (C=O) groups is 1. The van der Waals surface area contributed by atoms with Crippen molar-refractivity contribution in [2.45, 2.75) is 26.2 Å². The molecule has 1 saturated heterocycles. The maximum Gasteiger partial charge on any atom is 0.224 e. The van der Waals surface area contributed by atoms with E-state index < -0.39 is 10.0 Å². The highest BCUT2D eigenvalue weighted by molar-refractivity contribution is 7.88. The van der Waals surface area contributed by atoms with Crippen LogP contribution in [0.4, 0.5) is 11.4 Å². The van der Waals surface area contributed by atoms with Gasteiger partial charge in [0.2, 0.25) is 15.9 Å². The van der Waals surface area contributed by atoms with Crippen LogP contribution in [0.1, 0.15) is 26.2 Å². The molecule has 0 atom stereocenters. The van der Waals surface area contributed by atoms with E-state index in [-0.39, 0.29) is 5.91 Å². The minimum Gasteiger partial charge on any atom is -0.367 e. The molecule has 0 bridgehead atoms. The van der Waals surface area contributed by atoms with Crippen molar-refractivity contribution in [3.63, 3.8) is 0 Å². The third kappa shape index (κ3) is 4.94. The molecule has 1 heterocycles. The monoisotopic (exact) mass is 339 g/mol. The summed E-state index contributed by atoms with van der Waals surface area (Å²) < 4.78 is 24.7. The summed E-state index contributed by atoms with van der Waals surface area (Å²) in [7, 11) is -3.13. The molecule has 2 rings (SSSR count). The fourth-order valence-electron chi connectivity index (χ4n) is 2.67. The SMILES string of the molecule is CCCCC(=O)Nc1ccccc1N1CCN(S(C)(=O)=O)CC1. The van der Waals surface area contributed by atoms with Crippen molar-refractivity contribution in [3.8, 4) is 0 Å². The standard InChI is InChI=1S/C16H25N3O3S/c1-3-4-9-16(20)17-14-7-5-6-8-15(14)18-10-12-19(13-11-18)23(2,21)22/h5-8H,3-4,9-13H2,1-2H3,(H,17,20). The molecule has 1 aliphatic rings. The average molecular weight is 339 g/mol. The fourth-order valence-corrected chi connectivity index (χ4v) is 3.49. The number of hydrogen-bond donors (Lipinski definition) is 1. The van der Waals surface area contributed by atoms with Gasteiger partial charge in [0.25, 0.3) is 0 Å². The molecule has 7 heteroatoms. The number of anilines is 2. The van der Waals surface area contributed by atoms with Crippen LogP contribution in [0.2, 0.25) is 0 Å². The molecular weight excluding hydrogens is 314 g/mol. The summed E-state index contributed by atoms with van der Waals surface area (Å²) >= 11 is 0. The summed E-state index contributed by atoms with van der Waals surface area (Å²) in [5.41, 5.74) is 1.74. The van der Waals surface area contributed by atoms with Gasteiger partial charge in [0, 0.05) is 32.6 Å². The smallest absolute Gasteiger partial charge is 0.224 e. The average Bonchev–Trinajstić information content (AvgIpc) is 2.53. The first-order chi connectivity index (χ1) is 10.9. The van der Waals surface area contributed by atoms with E-state index >= 15 is 0 Å². The first-order valence-corrected chi connectivity index (χ1v) is 9.85. The molecular formula is C16H25N3O3S. The highest BCUT2D eigenvalue weighted by Crippen LogP contribution is 2.27. The van der Waals surface area contributed by atoms with Crippen molar-refractivity contribution in [2.75, 3.05) is 42.7 Å². The number of sulfonamides is 1. The van der Waals surface area contributed by atoms with Crippen molar-refractivity contribution in [2.24, 2.45) is 0 Å². The molecule has 1 fully saturated rings. The van der Waals surface area contributed by atoms with E-state index in [2.05, 4.69) is 17.1 Å². The van der Waals surface area contributed by atoms with Crippen LogP contribution in [-0.4, -0.2) is 51.1 Å². The lowest BCUT2D eigenvalue weighted by Gasteiger charge is -2.35. The number of amides is 1. The maximum absolute atomic E-state index is 12.0. The van der Waals surface area contributed by atoms with Gasteiger partial charge in [0.1, 0.15) is 0 Å². The molecule has 0 aromatic heterocycles. The maximum atomic E-state index is 12.0. The quantitative estimate of drug-likeness (QED) is 0.859. The molecule has 0 radical (unpaired) electrons. The fraction of sp³-hybridized carbons (Fsp3) is 0.562. The molecule has 1 N–H and O–H groups in total. The first kappa shape index (κ1) is 17.7. The molecule has 1 amide bonds. The summed E-state index contributed by atoms with van der Waals surface area (Å²) in [5.74, 6) is 0.0223. The lowest BCUT2D eigenvalue weighted by atomic mass is 10.2. The summed E-state index contributed by atoms with van der Waals surface area (Å²) in [5, 5.41) is 2.97. The zero-order valence-corrected chi connectivity index (χ0v) is 14.6. The predicted molar refractivity (Wildman–Crippen MR) is 93.2 cm³/mol. The number of carbonyl (C=O) groups excluding carboxylic acids is 1. The molecule has 6 nitrogen and oxygen atoms in total.